The number of halogens is 2. The van der Waals surface area contributed by atoms with E-state index in [0.717, 1.165) is 24.2 Å². The van der Waals surface area contributed by atoms with E-state index in [4.69, 9.17) is 11.6 Å². The minimum Gasteiger partial charge on any atom is -0.346 e. The van der Waals surface area contributed by atoms with Gasteiger partial charge in [0.2, 0.25) is 0 Å². The Morgan fingerprint density at radius 1 is 1.00 bits per heavy atom. The predicted molar refractivity (Wildman–Crippen MR) is 113 cm³/mol. The van der Waals surface area contributed by atoms with Crippen molar-refractivity contribution in [2.75, 3.05) is 18.0 Å². The summed E-state index contributed by atoms with van der Waals surface area (Å²) in [6, 6.07) is 16.0. The number of amidine groups is 1. The van der Waals surface area contributed by atoms with Crippen LogP contribution in [-0.2, 0) is 5.72 Å². The monoisotopic (exact) mass is 435 g/mol. The van der Waals surface area contributed by atoms with Gasteiger partial charge in [0.25, 0.3) is 11.6 Å². The quantitative estimate of drug-likeness (QED) is 0.679. The summed E-state index contributed by atoms with van der Waals surface area (Å²) in [6.07, 6.45) is 4.61. The van der Waals surface area contributed by atoms with Crippen LogP contribution in [-0.4, -0.2) is 28.6 Å². The molecule has 4 rings (SSSR count). The van der Waals surface area contributed by atoms with Crippen LogP contribution in [0.15, 0.2) is 48.5 Å². The first-order valence-electron chi connectivity index (χ1n) is 9.04. The Labute approximate surface area is 170 Å². The van der Waals surface area contributed by atoms with Crippen LogP contribution in [0.4, 0.5) is 5.69 Å². The molecule has 26 heavy (non-hydrogen) atoms. The lowest BCUT2D eigenvalue weighted by Crippen LogP contribution is -2.47. The van der Waals surface area contributed by atoms with Crippen LogP contribution in [0.25, 0.3) is 0 Å². The number of hydrogen-bond donors (Lipinski definition) is 1. The summed E-state index contributed by atoms with van der Waals surface area (Å²) < 4.78 is 2.36. The molecule has 1 unspecified atom stereocenters. The fraction of sp³-hybridized carbons (Fsp3) is 0.381. The molecule has 3 nitrogen and oxygen atoms in total. The Morgan fingerprint density at radius 2 is 1.69 bits per heavy atom. The fourth-order valence-corrected chi connectivity index (χ4v) is 4.14. The topological polar surface area (TPSA) is 26.5 Å². The highest BCUT2D eigenvalue weighted by molar-refractivity contribution is 8.93. The van der Waals surface area contributed by atoms with E-state index in [-0.39, 0.29) is 17.0 Å². The lowest BCUT2D eigenvalue weighted by atomic mass is 10.00. The molecule has 2 heterocycles. The molecule has 0 fully saturated rings. The van der Waals surface area contributed by atoms with E-state index in [1.54, 1.807) is 0 Å². The lowest BCUT2D eigenvalue weighted by molar-refractivity contribution is -0.534. The van der Waals surface area contributed by atoms with Crippen molar-refractivity contribution in [2.24, 2.45) is 0 Å². The molecule has 2 aliphatic heterocycles. The van der Waals surface area contributed by atoms with Gasteiger partial charge in [-0.05, 0) is 50.5 Å². The highest BCUT2D eigenvalue weighted by Crippen LogP contribution is 2.38. The second-order valence-electron chi connectivity index (χ2n) is 7.14. The average Bonchev–Trinajstić information content (AvgIpc) is 2.74. The summed E-state index contributed by atoms with van der Waals surface area (Å²) in [4.78, 5) is 2.14. The third-order valence-corrected chi connectivity index (χ3v) is 5.58. The van der Waals surface area contributed by atoms with Crippen LogP contribution in [0.5, 0.6) is 0 Å². The van der Waals surface area contributed by atoms with E-state index in [1.807, 2.05) is 24.3 Å². The molecule has 0 bridgehead atoms. The maximum Gasteiger partial charge on any atom is 0.275 e. The van der Waals surface area contributed by atoms with Gasteiger partial charge in [0.05, 0.1) is 6.54 Å². The number of rotatable bonds is 2. The molecule has 1 N–H and O–H groups in total. The van der Waals surface area contributed by atoms with Gasteiger partial charge in [-0.3, -0.25) is 4.58 Å². The summed E-state index contributed by atoms with van der Waals surface area (Å²) in [5.74, 6) is 1.24. The number of aliphatic hydroxyl groups is 1. The maximum atomic E-state index is 11.8. The SMILES string of the molecule is Br.Cc1ccc(N2C3=[N+](CCCCC3)CC2(O)c2ccc(Cl)cc2)cc1. The summed E-state index contributed by atoms with van der Waals surface area (Å²) in [5, 5.41) is 12.5. The van der Waals surface area contributed by atoms with E-state index in [0.29, 0.717) is 11.6 Å². The Balaban J connectivity index is 0.00000196. The highest BCUT2D eigenvalue weighted by Gasteiger charge is 2.53. The number of anilines is 1. The van der Waals surface area contributed by atoms with Crippen LogP contribution < -0.4 is 4.90 Å². The number of aryl methyl sites for hydroxylation is 1. The van der Waals surface area contributed by atoms with Gasteiger partial charge in [-0.15, -0.1) is 17.0 Å². The molecule has 5 heteroatoms. The van der Waals surface area contributed by atoms with Crippen LogP contribution in [0.1, 0.15) is 36.8 Å². The molecule has 0 spiro atoms. The molecule has 2 aromatic rings. The Morgan fingerprint density at radius 3 is 2.38 bits per heavy atom. The third-order valence-electron chi connectivity index (χ3n) is 5.33. The van der Waals surface area contributed by atoms with E-state index in [2.05, 4.69) is 40.7 Å². The molecular formula is C21H25BrClN2O+. The number of benzene rings is 2. The van der Waals surface area contributed by atoms with Crippen molar-refractivity contribution in [1.29, 1.82) is 0 Å². The standard InChI is InChI=1S/C21H24ClN2O.BrH/c1-16-6-12-19(13-7-16)24-20-5-3-2-4-14-23(20)15-21(24,25)17-8-10-18(22)11-9-17;/h6-13,25H,2-5,14-15H2,1H3;1H/q+1;. The van der Waals surface area contributed by atoms with Crippen LogP contribution in [0, 0.1) is 6.92 Å². The predicted octanol–water partition coefficient (Wildman–Crippen LogP) is 4.88. The minimum absolute atomic E-state index is 0. The zero-order valence-electron chi connectivity index (χ0n) is 15.0. The first-order valence-corrected chi connectivity index (χ1v) is 9.42. The van der Waals surface area contributed by atoms with Gasteiger partial charge in [-0.25, -0.2) is 0 Å². The summed E-state index contributed by atoms with van der Waals surface area (Å²) in [5.41, 5.74) is 2.09. The van der Waals surface area contributed by atoms with Crippen LogP contribution in [0.3, 0.4) is 0 Å². The molecule has 0 radical (unpaired) electrons. The zero-order chi connectivity index (χ0) is 17.4. The van der Waals surface area contributed by atoms with Gasteiger partial charge in [0, 0.05) is 17.0 Å². The van der Waals surface area contributed by atoms with Crippen LogP contribution >= 0.6 is 28.6 Å². The van der Waals surface area contributed by atoms with Crippen molar-refractivity contribution >= 4 is 40.1 Å². The normalized spacial score (nSPS) is 22.7. The van der Waals surface area contributed by atoms with Crippen molar-refractivity contribution in [3.63, 3.8) is 0 Å². The Kier molecular flexibility index (Phi) is 5.75. The number of hydrogen-bond acceptors (Lipinski definition) is 2. The molecule has 0 saturated carbocycles. The van der Waals surface area contributed by atoms with Gasteiger partial charge in [0.15, 0.2) is 6.54 Å². The third kappa shape index (κ3) is 3.42. The van der Waals surface area contributed by atoms with Gasteiger partial charge < -0.3 is 5.11 Å². The van der Waals surface area contributed by atoms with Gasteiger partial charge in [-0.2, -0.15) is 4.90 Å². The number of nitrogens with zero attached hydrogens (tertiary/aromatic N) is 2. The van der Waals surface area contributed by atoms with E-state index >= 15 is 0 Å². The minimum atomic E-state index is -1.06. The van der Waals surface area contributed by atoms with Crippen molar-refractivity contribution in [3.05, 3.63) is 64.7 Å². The Bertz CT molecular complexity index is 804. The molecule has 138 valence electrons. The molecule has 2 aromatic carbocycles. The second-order valence-corrected chi connectivity index (χ2v) is 7.58. The largest absolute Gasteiger partial charge is 0.346 e. The van der Waals surface area contributed by atoms with E-state index in [1.165, 1.54) is 30.7 Å². The molecule has 0 aromatic heterocycles. The first kappa shape index (κ1) is 19.4. The van der Waals surface area contributed by atoms with Crippen LogP contribution in [0.2, 0.25) is 5.02 Å². The molecule has 0 saturated heterocycles. The highest BCUT2D eigenvalue weighted by atomic mass is 79.9. The lowest BCUT2D eigenvalue weighted by Gasteiger charge is -2.29. The van der Waals surface area contributed by atoms with Crippen molar-refractivity contribution < 1.29 is 9.68 Å². The Hall–Kier alpha value is -1.36. The molecular weight excluding hydrogens is 412 g/mol. The van der Waals surface area contributed by atoms with E-state index in [9.17, 15) is 5.11 Å². The second kappa shape index (κ2) is 7.71. The van der Waals surface area contributed by atoms with Crippen molar-refractivity contribution in [1.82, 2.24) is 0 Å². The smallest absolute Gasteiger partial charge is 0.275 e. The summed E-state index contributed by atoms with van der Waals surface area (Å²) in [7, 11) is 0. The zero-order valence-corrected chi connectivity index (χ0v) is 17.5. The first-order chi connectivity index (χ1) is 12.1. The van der Waals surface area contributed by atoms with E-state index < -0.39 is 5.72 Å². The maximum absolute atomic E-state index is 11.8. The average molecular weight is 437 g/mol. The summed E-state index contributed by atoms with van der Waals surface area (Å²) >= 11 is 6.07. The summed E-state index contributed by atoms with van der Waals surface area (Å²) in [6.45, 7) is 3.69. The molecule has 0 amide bonds. The molecule has 0 aliphatic carbocycles. The molecule has 1 atom stereocenters. The van der Waals surface area contributed by atoms with Gasteiger partial charge in [-0.1, -0.05) is 41.4 Å². The van der Waals surface area contributed by atoms with Crippen molar-refractivity contribution in [3.8, 4) is 0 Å². The molecule has 2 aliphatic rings. The van der Waals surface area contributed by atoms with Gasteiger partial charge in [0.1, 0.15) is 5.69 Å². The fourth-order valence-electron chi connectivity index (χ4n) is 4.02. The van der Waals surface area contributed by atoms with Crippen molar-refractivity contribution in [2.45, 2.75) is 38.3 Å². The van der Waals surface area contributed by atoms with Gasteiger partial charge >= 0.3 is 0 Å².